The number of carbonyl (C=O) groups excluding carboxylic acids is 1. The fourth-order valence-electron chi connectivity index (χ4n) is 3.95. The number of nitrogens with one attached hydrogen (secondary N) is 1. The molecule has 0 unspecified atom stereocenters. The molecule has 1 N–H and O–H groups in total. The number of piperidine rings is 1. The van der Waals surface area contributed by atoms with Gasteiger partial charge in [-0.2, -0.15) is 9.57 Å². The summed E-state index contributed by atoms with van der Waals surface area (Å²) in [6.07, 6.45) is 3.86. The minimum atomic E-state index is -4.03. The monoisotopic (exact) mass is 494 g/mol. The van der Waals surface area contributed by atoms with Gasteiger partial charge in [0, 0.05) is 24.3 Å². The number of aromatic nitrogens is 1. The third kappa shape index (κ3) is 5.31. The average molecular weight is 495 g/mol. The van der Waals surface area contributed by atoms with Crippen molar-refractivity contribution >= 4 is 33.8 Å². The average Bonchev–Trinajstić information content (AvgIpc) is 3.25. The number of nitrogens with zero attached hydrogens (tertiary/aromatic N) is 3. The molecule has 1 aliphatic heterocycles. The van der Waals surface area contributed by atoms with Crippen molar-refractivity contribution in [1.82, 2.24) is 9.46 Å². The molecule has 1 aromatic heterocycles. The first kappa shape index (κ1) is 24.3. The topological polar surface area (TPSA) is 116 Å². The van der Waals surface area contributed by atoms with E-state index in [1.54, 1.807) is 42.5 Å². The molecular formula is C25H23FN4O4S. The lowest BCUT2D eigenvalue weighted by molar-refractivity contribution is -0.120. The second-order valence-corrected chi connectivity index (χ2v) is 10.1. The lowest BCUT2D eigenvalue weighted by atomic mass is 9.98. The minimum absolute atomic E-state index is 0.00471. The standard InChI is InChI=1S/C25H23FN4O4S/c1-17-24(23(34-29-17)13-10-19-5-2-3-7-22(19)26)35(32,33)30-14-4-6-20(16-30)25(31)28-21-11-8-18(15-27)9-12-21/h2-3,5,7-13,20H,4,6,14,16H2,1H3,(H,28,31)/b13-10+/t20-/m0/s1. The number of hydrogen-bond acceptors (Lipinski definition) is 6. The first-order chi connectivity index (χ1) is 16.8. The van der Waals surface area contributed by atoms with Crippen LogP contribution in [-0.2, 0) is 14.8 Å². The summed E-state index contributed by atoms with van der Waals surface area (Å²) >= 11 is 0. The van der Waals surface area contributed by atoms with E-state index in [2.05, 4.69) is 10.5 Å². The summed E-state index contributed by atoms with van der Waals surface area (Å²) in [6, 6.07) is 14.6. The van der Waals surface area contributed by atoms with Crippen molar-refractivity contribution in [3.63, 3.8) is 0 Å². The van der Waals surface area contributed by atoms with Gasteiger partial charge in [-0.05, 0) is 62.2 Å². The van der Waals surface area contributed by atoms with Gasteiger partial charge < -0.3 is 9.84 Å². The van der Waals surface area contributed by atoms with Gasteiger partial charge in [-0.15, -0.1) is 0 Å². The first-order valence-corrected chi connectivity index (χ1v) is 12.4. The quantitative estimate of drug-likeness (QED) is 0.549. The first-order valence-electron chi connectivity index (χ1n) is 11.0. The van der Waals surface area contributed by atoms with Crippen LogP contribution in [0.1, 0.15) is 35.4 Å². The summed E-state index contributed by atoms with van der Waals surface area (Å²) in [5.41, 5.74) is 1.47. The molecule has 0 spiro atoms. The van der Waals surface area contributed by atoms with E-state index >= 15 is 0 Å². The van der Waals surface area contributed by atoms with Gasteiger partial charge in [-0.1, -0.05) is 23.4 Å². The number of aryl methyl sites for hydroxylation is 1. The number of halogens is 1. The van der Waals surface area contributed by atoms with E-state index in [0.29, 0.717) is 24.1 Å². The van der Waals surface area contributed by atoms with Crippen LogP contribution in [0.4, 0.5) is 10.1 Å². The molecule has 1 aliphatic rings. The molecule has 0 radical (unpaired) electrons. The normalized spacial score (nSPS) is 16.8. The predicted molar refractivity (Wildman–Crippen MR) is 128 cm³/mol. The molecule has 0 saturated carbocycles. The fraction of sp³-hybridized carbons (Fsp3) is 0.240. The maximum atomic E-state index is 14.0. The summed E-state index contributed by atoms with van der Waals surface area (Å²) < 4.78 is 47.5. The van der Waals surface area contributed by atoms with Gasteiger partial charge in [0.15, 0.2) is 10.7 Å². The molecule has 0 aliphatic carbocycles. The van der Waals surface area contributed by atoms with E-state index in [-0.39, 0.29) is 40.9 Å². The zero-order chi connectivity index (χ0) is 25.0. The summed E-state index contributed by atoms with van der Waals surface area (Å²) in [7, 11) is -4.03. The van der Waals surface area contributed by atoms with Crippen LogP contribution in [0.3, 0.4) is 0 Å². The molecule has 10 heteroatoms. The van der Waals surface area contributed by atoms with Crippen molar-refractivity contribution in [2.45, 2.75) is 24.7 Å². The van der Waals surface area contributed by atoms with Gasteiger partial charge in [0.25, 0.3) is 0 Å². The molecule has 1 fully saturated rings. The van der Waals surface area contributed by atoms with Crippen LogP contribution in [0, 0.1) is 30.0 Å². The van der Waals surface area contributed by atoms with Crippen molar-refractivity contribution in [3.05, 3.63) is 76.9 Å². The second kappa shape index (κ2) is 10.2. The summed E-state index contributed by atoms with van der Waals surface area (Å²) in [5.74, 6) is -1.30. The van der Waals surface area contributed by atoms with Crippen molar-refractivity contribution in [3.8, 4) is 6.07 Å². The Morgan fingerprint density at radius 1 is 1.23 bits per heavy atom. The summed E-state index contributed by atoms with van der Waals surface area (Å²) in [5, 5.41) is 15.5. The molecule has 35 heavy (non-hydrogen) atoms. The molecular weight excluding hydrogens is 471 g/mol. The van der Waals surface area contributed by atoms with Crippen LogP contribution in [0.5, 0.6) is 0 Å². The number of benzene rings is 2. The third-order valence-corrected chi connectivity index (χ3v) is 7.81. The number of anilines is 1. The second-order valence-electron chi connectivity index (χ2n) is 8.20. The van der Waals surface area contributed by atoms with Gasteiger partial charge >= 0.3 is 0 Å². The highest BCUT2D eigenvalue weighted by atomic mass is 32.2. The lowest BCUT2D eigenvalue weighted by Crippen LogP contribution is -2.43. The number of hydrogen-bond donors (Lipinski definition) is 1. The van der Waals surface area contributed by atoms with Gasteiger partial charge in [0.1, 0.15) is 11.5 Å². The van der Waals surface area contributed by atoms with Crippen molar-refractivity contribution in [1.29, 1.82) is 5.26 Å². The summed E-state index contributed by atoms with van der Waals surface area (Å²) in [6.45, 7) is 1.78. The fourth-order valence-corrected chi connectivity index (χ4v) is 5.72. The Morgan fingerprint density at radius 3 is 2.69 bits per heavy atom. The van der Waals surface area contributed by atoms with Crippen LogP contribution < -0.4 is 5.32 Å². The molecule has 180 valence electrons. The largest absolute Gasteiger partial charge is 0.355 e. The SMILES string of the molecule is Cc1noc(/C=C/c2ccccc2F)c1S(=O)(=O)N1CCC[C@H](C(=O)Nc2ccc(C#N)cc2)C1. The number of rotatable bonds is 6. The van der Waals surface area contributed by atoms with E-state index in [1.807, 2.05) is 6.07 Å². The smallest absolute Gasteiger partial charge is 0.248 e. The Kier molecular flexibility index (Phi) is 7.10. The van der Waals surface area contributed by atoms with Crippen molar-refractivity contribution in [2.24, 2.45) is 5.92 Å². The van der Waals surface area contributed by atoms with E-state index in [1.165, 1.54) is 29.4 Å². The Hall–Kier alpha value is -3.81. The molecule has 3 aromatic rings. The molecule has 1 atom stereocenters. The Bertz CT molecular complexity index is 1410. The molecule has 0 bridgehead atoms. The highest BCUT2D eigenvalue weighted by Gasteiger charge is 2.37. The number of carbonyl (C=O) groups is 1. The molecule has 1 saturated heterocycles. The zero-order valence-corrected chi connectivity index (χ0v) is 19.8. The third-order valence-electron chi connectivity index (χ3n) is 5.79. The van der Waals surface area contributed by atoms with Gasteiger partial charge in [-0.3, -0.25) is 4.79 Å². The number of nitriles is 1. The van der Waals surface area contributed by atoms with E-state index in [0.717, 1.165) is 0 Å². The van der Waals surface area contributed by atoms with Crippen molar-refractivity contribution in [2.75, 3.05) is 18.4 Å². The van der Waals surface area contributed by atoms with E-state index < -0.39 is 21.8 Å². The maximum Gasteiger partial charge on any atom is 0.248 e. The number of amides is 1. The van der Waals surface area contributed by atoms with Crippen LogP contribution in [0.25, 0.3) is 12.2 Å². The van der Waals surface area contributed by atoms with Crippen LogP contribution in [-0.4, -0.2) is 36.9 Å². The van der Waals surface area contributed by atoms with Crippen LogP contribution in [0.15, 0.2) is 57.9 Å². The highest BCUT2D eigenvalue weighted by Crippen LogP contribution is 2.30. The van der Waals surface area contributed by atoms with Gasteiger partial charge in [0.2, 0.25) is 15.9 Å². The predicted octanol–water partition coefficient (Wildman–Crippen LogP) is 4.20. The molecule has 2 heterocycles. The summed E-state index contributed by atoms with van der Waals surface area (Å²) in [4.78, 5) is 12.7. The number of sulfonamides is 1. The Morgan fingerprint density at radius 2 is 1.97 bits per heavy atom. The zero-order valence-electron chi connectivity index (χ0n) is 18.9. The van der Waals surface area contributed by atoms with E-state index in [9.17, 15) is 17.6 Å². The van der Waals surface area contributed by atoms with Crippen LogP contribution >= 0.6 is 0 Å². The van der Waals surface area contributed by atoms with E-state index in [4.69, 9.17) is 9.78 Å². The van der Waals surface area contributed by atoms with Gasteiger partial charge in [-0.25, -0.2) is 12.8 Å². The molecule has 8 nitrogen and oxygen atoms in total. The Labute approximate surface area is 202 Å². The maximum absolute atomic E-state index is 14.0. The molecule has 1 amide bonds. The molecule has 4 rings (SSSR count). The Balaban J connectivity index is 1.53. The minimum Gasteiger partial charge on any atom is -0.355 e. The molecule has 2 aromatic carbocycles. The highest BCUT2D eigenvalue weighted by molar-refractivity contribution is 7.89. The van der Waals surface area contributed by atoms with Crippen molar-refractivity contribution < 1.29 is 22.1 Å². The lowest BCUT2D eigenvalue weighted by Gasteiger charge is -2.31. The van der Waals surface area contributed by atoms with Crippen LogP contribution in [0.2, 0.25) is 0 Å². The van der Waals surface area contributed by atoms with Gasteiger partial charge in [0.05, 0.1) is 17.6 Å².